The number of carbonyl (C=O) groups excluding carboxylic acids is 4. The topological polar surface area (TPSA) is 151 Å². The highest BCUT2D eigenvalue weighted by molar-refractivity contribution is 5.99. The first kappa shape index (κ1) is 30.1. The molecule has 0 aliphatic heterocycles. The van der Waals surface area contributed by atoms with Crippen LogP contribution in [0.3, 0.4) is 0 Å². The zero-order valence-electron chi connectivity index (χ0n) is 22.8. The van der Waals surface area contributed by atoms with Gasteiger partial charge in [0.2, 0.25) is 11.8 Å². The Morgan fingerprint density at radius 2 is 1.63 bits per heavy atom. The Bertz CT molecular complexity index is 1140. The highest BCUT2D eigenvalue weighted by Crippen LogP contribution is 2.29. The SMILES string of the molecule is Cc1ccccc1NC(=O)C(c1ccc(O)cc1)N(C(=O)C(CCC(N)=O)NC(=O)OC(C)(C)C)C(C)C. The average molecular weight is 527 g/mol. The van der Waals surface area contributed by atoms with Gasteiger partial charge in [-0.25, -0.2) is 4.79 Å². The molecule has 0 heterocycles. The summed E-state index contributed by atoms with van der Waals surface area (Å²) in [5, 5.41) is 15.3. The number of amides is 4. The van der Waals surface area contributed by atoms with E-state index in [4.69, 9.17) is 10.5 Å². The number of ether oxygens (including phenoxy) is 1. The number of aromatic hydroxyl groups is 1. The molecule has 2 unspecified atom stereocenters. The van der Waals surface area contributed by atoms with Gasteiger partial charge in [-0.1, -0.05) is 30.3 Å². The fraction of sp³-hybridized carbons (Fsp3) is 0.429. The molecule has 0 saturated heterocycles. The number of nitrogens with two attached hydrogens (primary N) is 1. The number of carbonyl (C=O) groups is 4. The number of alkyl carbamates (subject to hydrolysis) is 1. The molecule has 10 heteroatoms. The monoisotopic (exact) mass is 526 g/mol. The summed E-state index contributed by atoms with van der Waals surface area (Å²) in [7, 11) is 0. The molecule has 0 aromatic heterocycles. The predicted octanol–water partition coefficient (Wildman–Crippen LogP) is 3.78. The number of rotatable bonds is 10. The molecule has 0 spiro atoms. The summed E-state index contributed by atoms with van der Waals surface area (Å²) in [4.78, 5) is 53.2. The van der Waals surface area contributed by atoms with Gasteiger partial charge in [-0.3, -0.25) is 14.4 Å². The quantitative estimate of drug-likeness (QED) is 0.370. The molecule has 5 N–H and O–H groups in total. The molecule has 0 aliphatic rings. The molecule has 2 aromatic carbocycles. The van der Waals surface area contributed by atoms with Crippen LogP contribution in [0, 0.1) is 6.92 Å². The normalized spacial score (nSPS) is 12.8. The van der Waals surface area contributed by atoms with Crippen LogP contribution in [0.4, 0.5) is 10.5 Å². The maximum atomic E-state index is 14.0. The minimum Gasteiger partial charge on any atom is -0.508 e. The van der Waals surface area contributed by atoms with E-state index in [0.29, 0.717) is 11.3 Å². The third-order valence-corrected chi connectivity index (χ3v) is 5.62. The van der Waals surface area contributed by atoms with Crippen molar-refractivity contribution in [3.63, 3.8) is 0 Å². The zero-order chi connectivity index (χ0) is 28.6. The van der Waals surface area contributed by atoms with E-state index >= 15 is 0 Å². The lowest BCUT2D eigenvalue weighted by atomic mass is 9.99. The number of primary amides is 1. The number of aryl methyl sites for hydroxylation is 1. The number of phenolic OH excluding ortho intramolecular Hbond substituents is 1. The molecular formula is C28H38N4O6. The summed E-state index contributed by atoms with van der Waals surface area (Å²) < 4.78 is 5.32. The summed E-state index contributed by atoms with van der Waals surface area (Å²) in [6.45, 7) is 10.4. The van der Waals surface area contributed by atoms with Crippen molar-refractivity contribution in [2.45, 2.75) is 78.1 Å². The van der Waals surface area contributed by atoms with Crippen LogP contribution in [-0.2, 0) is 19.1 Å². The highest BCUT2D eigenvalue weighted by Gasteiger charge is 2.38. The van der Waals surface area contributed by atoms with Crippen LogP contribution in [0.5, 0.6) is 5.75 Å². The Morgan fingerprint density at radius 3 is 2.16 bits per heavy atom. The number of nitrogens with one attached hydrogen (secondary N) is 2. The van der Waals surface area contributed by atoms with Crippen molar-refractivity contribution >= 4 is 29.5 Å². The van der Waals surface area contributed by atoms with Gasteiger partial charge in [0.1, 0.15) is 23.4 Å². The van der Waals surface area contributed by atoms with Gasteiger partial charge in [0.15, 0.2) is 0 Å². The lowest BCUT2D eigenvalue weighted by molar-refractivity contribution is -0.143. The number of hydrogen-bond donors (Lipinski definition) is 4. The maximum Gasteiger partial charge on any atom is 0.408 e. The van der Waals surface area contributed by atoms with Crippen molar-refractivity contribution in [3.8, 4) is 5.75 Å². The first-order valence-electron chi connectivity index (χ1n) is 12.4. The second kappa shape index (κ2) is 12.9. The lowest BCUT2D eigenvalue weighted by Crippen LogP contribution is -2.54. The maximum absolute atomic E-state index is 14.0. The van der Waals surface area contributed by atoms with Crippen LogP contribution in [-0.4, -0.2) is 51.5 Å². The number of benzene rings is 2. The first-order chi connectivity index (χ1) is 17.7. The van der Waals surface area contributed by atoms with Gasteiger partial charge >= 0.3 is 6.09 Å². The van der Waals surface area contributed by atoms with E-state index in [-0.39, 0.29) is 18.6 Å². The van der Waals surface area contributed by atoms with Crippen LogP contribution >= 0.6 is 0 Å². The Labute approximate surface area is 223 Å². The summed E-state index contributed by atoms with van der Waals surface area (Å²) in [5.41, 5.74) is 6.37. The molecule has 0 fully saturated rings. The largest absolute Gasteiger partial charge is 0.508 e. The van der Waals surface area contributed by atoms with Gasteiger partial charge in [0.05, 0.1) is 0 Å². The van der Waals surface area contributed by atoms with Gasteiger partial charge in [0.25, 0.3) is 5.91 Å². The number of hydrogen-bond acceptors (Lipinski definition) is 6. The van der Waals surface area contributed by atoms with Gasteiger partial charge in [0, 0.05) is 18.2 Å². The molecule has 0 radical (unpaired) electrons. The Kier molecular flexibility index (Phi) is 10.3. The van der Waals surface area contributed by atoms with Crippen molar-refractivity contribution < 1.29 is 29.0 Å². The minimum absolute atomic E-state index is 0.000151. The minimum atomic E-state index is -1.19. The van der Waals surface area contributed by atoms with E-state index in [0.717, 1.165) is 5.56 Å². The summed E-state index contributed by atoms with van der Waals surface area (Å²) in [6.07, 6.45) is -1.09. The fourth-order valence-electron chi connectivity index (χ4n) is 3.86. The molecule has 2 aromatic rings. The van der Waals surface area contributed by atoms with Crippen LogP contribution in [0.2, 0.25) is 0 Å². The van der Waals surface area contributed by atoms with Gasteiger partial charge in [-0.15, -0.1) is 0 Å². The lowest BCUT2D eigenvalue weighted by Gasteiger charge is -2.37. The third-order valence-electron chi connectivity index (χ3n) is 5.62. The van der Waals surface area contributed by atoms with Crippen molar-refractivity contribution in [2.24, 2.45) is 5.73 Å². The second-order valence-corrected chi connectivity index (χ2v) is 10.3. The van der Waals surface area contributed by atoms with Crippen LogP contribution in [0.15, 0.2) is 48.5 Å². The van der Waals surface area contributed by atoms with Crippen LogP contribution in [0.1, 0.15) is 64.6 Å². The summed E-state index contributed by atoms with van der Waals surface area (Å²) in [5.74, 6) is -1.72. The van der Waals surface area contributed by atoms with Gasteiger partial charge in [-0.05, 0) is 77.3 Å². The average Bonchev–Trinajstić information content (AvgIpc) is 2.80. The van der Waals surface area contributed by atoms with E-state index in [1.807, 2.05) is 19.1 Å². The standard InChI is InChI=1S/C28H38N4O6/c1-17(2)32(26(36)22(15-16-23(29)34)31-27(37)38-28(4,5)6)24(19-11-13-20(33)14-12-19)25(35)30-21-10-8-7-9-18(21)3/h7-14,17,22,24,33H,15-16H2,1-6H3,(H2,29,34)(H,30,35)(H,31,37). The van der Waals surface area contributed by atoms with Crippen molar-refractivity contribution in [2.75, 3.05) is 5.32 Å². The predicted molar refractivity (Wildman–Crippen MR) is 144 cm³/mol. The molecular weight excluding hydrogens is 488 g/mol. The van der Waals surface area contributed by atoms with E-state index in [1.54, 1.807) is 58.9 Å². The molecule has 38 heavy (non-hydrogen) atoms. The highest BCUT2D eigenvalue weighted by atomic mass is 16.6. The zero-order valence-corrected chi connectivity index (χ0v) is 22.8. The van der Waals surface area contributed by atoms with E-state index in [1.165, 1.54) is 17.0 Å². The molecule has 2 rings (SSSR count). The van der Waals surface area contributed by atoms with Crippen molar-refractivity contribution in [1.29, 1.82) is 0 Å². The Balaban J connectivity index is 2.52. The number of para-hydroxylation sites is 1. The Hall–Kier alpha value is -4.08. The molecule has 10 nitrogen and oxygen atoms in total. The molecule has 0 aliphatic carbocycles. The van der Waals surface area contributed by atoms with Crippen molar-refractivity contribution in [3.05, 3.63) is 59.7 Å². The molecule has 206 valence electrons. The van der Waals surface area contributed by atoms with E-state index in [2.05, 4.69) is 10.6 Å². The third kappa shape index (κ3) is 8.79. The first-order valence-corrected chi connectivity index (χ1v) is 12.4. The van der Waals surface area contributed by atoms with E-state index < -0.39 is 47.5 Å². The number of phenols is 1. The van der Waals surface area contributed by atoms with Gasteiger partial charge in [-0.2, -0.15) is 0 Å². The second-order valence-electron chi connectivity index (χ2n) is 10.3. The summed E-state index contributed by atoms with van der Waals surface area (Å²) >= 11 is 0. The number of nitrogens with zero attached hydrogens (tertiary/aromatic N) is 1. The summed E-state index contributed by atoms with van der Waals surface area (Å²) in [6, 6.07) is 10.4. The van der Waals surface area contributed by atoms with E-state index in [9.17, 15) is 24.3 Å². The van der Waals surface area contributed by atoms with Crippen LogP contribution in [0.25, 0.3) is 0 Å². The Morgan fingerprint density at radius 1 is 1.03 bits per heavy atom. The molecule has 2 atom stereocenters. The van der Waals surface area contributed by atoms with Gasteiger partial charge < -0.3 is 31.1 Å². The van der Waals surface area contributed by atoms with Crippen molar-refractivity contribution in [1.82, 2.24) is 10.2 Å². The fourth-order valence-corrected chi connectivity index (χ4v) is 3.86. The van der Waals surface area contributed by atoms with Crippen LogP contribution < -0.4 is 16.4 Å². The molecule has 4 amide bonds. The molecule has 0 saturated carbocycles. The smallest absolute Gasteiger partial charge is 0.408 e. The number of anilines is 1. The molecule has 0 bridgehead atoms.